The number of aliphatic hydroxyl groups is 1. The molecule has 2 amide bonds. The fourth-order valence-electron chi connectivity index (χ4n) is 7.49. The Morgan fingerprint density at radius 3 is 2.33 bits per heavy atom. The number of rotatable bonds is 10. The van der Waals surface area contributed by atoms with Crippen molar-refractivity contribution >= 4 is 31.6 Å². The first-order valence-electron chi connectivity index (χ1n) is 16.1. The van der Waals surface area contributed by atoms with Crippen LogP contribution in [0.15, 0.2) is 102 Å². The molecule has 2 aliphatic heterocycles. The van der Waals surface area contributed by atoms with Crippen molar-refractivity contribution in [3.05, 3.63) is 119 Å². The van der Waals surface area contributed by atoms with Gasteiger partial charge in [-0.2, -0.15) is 0 Å². The molecule has 0 saturated carbocycles. The number of nitrogens with zero attached hydrogens (tertiary/aromatic N) is 3. The Morgan fingerprint density at radius 1 is 1.00 bits per heavy atom. The van der Waals surface area contributed by atoms with Gasteiger partial charge in [0, 0.05) is 47.7 Å². The van der Waals surface area contributed by atoms with Gasteiger partial charge in [0.05, 0.1) is 31.9 Å². The topological polar surface area (TPSA) is 101 Å². The van der Waals surface area contributed by atoms with Crippen LogP contribution in [0.3, 0.4) is 0 Å². The molecule has 1 N–H and O–H groups in total. The van der Waals surface area contributed by atoms with Crippen LogP contribution in [0, 0.1) is 5.92 Å². The molecule has 4 aromatic rings. The van der Waals surface area contributed by atoms with E-state index in [2.05, 4.69) is 0 Å². The normalized spacial score (nSPS) is 21.8. The predicted molar refractivity (Wildman–Crippen MR) is 184 cm³/mol. The molecule has 0 bridgehead atoms. The first kappa shape index (κ1) is 33.3. The standard InChI is InChI=1S/C37H40FN3O6Si/c1-25-34(48(3,4)38)32(23-33(43)39(20-21-42)24-26-12-7-5-8-13-26)47-37(25)29-22-28(40-19-11-16-31(46-2)35(40)44)17-18-30(29)41(36(37)45)27-14-9-6-10-15-27/h5-19,22,25,32,34,42H,20-21,23-24H2,1-4H3/t25-,32+,34-,37+/m1/s1. The molecule has 0 unspecified atom stereocenters. The Balaban J connectivity index is 1.46. The zero-order valence-electron chi connectivity index (χ0n) is 27.5. The molecule has 1 saturated heterocycles. The number of methoxy groups -OCH3 is 1. The van der Waals surface area contributed by atoms with E-state index < -0.39 is 31.6 Å². The molecule has 3 heterocycles. The van der Waals surface area contributed by atoms with Crippen molar-refractivity contribution in [2.45, 2.75) is 50.2 Å². The molecule has 1 spiro atoms. The van der Waals surface area contributed by atoms with Crippen molar-refractivity contribution in [3.63, 3.8) is 0 Å². The van der Waals surface area contributed by atoms with Crippen LogP contribution in [-0.4, -0.2) is 61.2 Å². The van der Waals surface area contributed by atoms with Crippen LogP contribution in [0.25, 0.3) is 5.69 Å². The van der Waals surface area contributed by atoms with E-state index in [0.29, 0.717) is 22.6 Å². The van der Waals surface area contributed by atoms with Crippen molar-refractivity contribution in [2.75, 3.05) is 25.2 Å². The Labute approximate surface area is 280 Å². The fourth-order valence-corrected chi connectivity index (χ4v) is 9.99. The van der Waals surface area contributed by atoms with Gasteiger partial charge in [0.15, 0.2) is 11.4 Å². The van der Waals surface area contributed by atoms with Crippen LogP contribution < -0.4 is 15.2 Å². The summed E-state index contributed by atoms with van der Waals surface area (Å²) in [5.74, 6) is -1.17. The number of ether oxygens (including phenoxy) is 2. The monoisotopic (exact) mass is 669 g/mol. The molecule has 9 nitrogen and oxygen atoms in total. The number of para-hydroxylation sites is 1. The third-order valence-electron chi connectivity index (χ3n) is 9.59. The van der Waals surface area contributed by atoms with Crippen molar-refractivity contribution in [1.82, 2.24) is 9.47 Å². The molecule has 0 aliphatic carbocycles. The molecule has 0 radical (unpaired) electrons. The van der Waals surface area contributed by atoms with Gasteiger partial charge in [-0.3, -0.25) is 23.9 Å². The predicted octanol–water partition coefficient (Wildman–Crippen LogP) is 5.71. The average molecular weight is 670 g/mol. The van der Waals surface area contributed by atoms with Crippen molar-refractivity contribution in [3.8, 4) is 11.4 Å². The number of amides is 2. The maximum atomic E-state index is 16.5. The number of hydrogen-bond donors (Lipinski definition) is 1. The Kier molecular flexibility index (Phi) is 9.12. The van der Waals surface area contributed by atoms with Crippen LogP contribution >= 0.6 is 0 Å². The lowest BCUT2D eigenvalue weighted by atomic mass is 9.82. The fraction of sp³-hybridized carbons (Fsp3) is 0.324. The van der Waals surface area contributed by atoms with E-state index in [0.717, 1.165) is 5.56 Å². The third kappa shape index (κ3) is 5.76. The molecule has 4 atom stereocenters. The smallest absolute Gasteiger partial charge is 0.297 e. The molecule has 2 aliphatic rings. The highest BCUT2D eigenvalue weighted by Crippen LogP contribution is 2.61. The van der Waals surface area contributed by atoms with E-state index in [-0.39, 0.29) is 49.2 Å². The highest BCUT2D eigenvalue weighted by Gasteiger charge is 2.67. The Bertz CT molecular complexity index is 1860. The number of fused-ring (bicyclic) bond motifs is 2. The van der Waals surface area contributed by atoms with Gasteiger partial charge in [0.1, 0.15) is 0 Å². The number of pyridine rings is 1. The van der Waals surface area contributed by atoms with Gasteiger partial charge in [-0.15, -0.1) is 0 Å². The molecule has 1 fully saturated rings. The lowest BCUT2D eigenvalue weighted by molar-refractivity contribution is -0.149. The second-order valence-electron chi connectivity index (χ2n) is 12.9. The number of carbonyl (C=O) groups is 2. The van der Waals surface area contributed by atoms with Gasteiger partial charge in [-0.05, 0) is 61.1 Å². The van der Waals surface area contributed by atoms with E-state index in [9.17, 15) is 19.5 Å². The summed E-state index contributed by atoms with van der Waals surface area (Å²) in [5.41, 5.74) is 0.347. The summed E-state index contributed by atoms with van der Waals surface area (Å²) in [6.45, 7) is 5.15. The lowest BCUT2D eigenvalue weighted by Gasteiger charge is -2.31. The first-order valence-corrected chi connectivity index (χ1v) is 19.1. The number of halogens is 1. The minimum atomic E-state index is -3.58. The molecule has 3 aromatic carbocycles. The number of anilines is 2. The van der Waals surface area contributed by atoms with E-state index in [1.165, 1.54) is 11.7 Å². The summed E-state index contributed by atoms with van der Waals surface area (Å²) in [5, 5.41) is 9.81. The number of aromatic nitrogens is 1. The maximum Gasteiger partial charge on any atom is 0.297 e. The molecular weight excluding hydrogens is 630 g/mol. The number of aliphatic hydroxyl groups excluding tert-OH is 1. The molecular formula is C37H40FN3O6Si. The van der Waals surface area contributed by atoms with Crippen LogP contribution in [-0.2, 0) is 26.5 Å². The van der Waals surface area contributed by atoms with E-state index >= 15 is 4.11 Å². The third-order valence-corrected chi connectivity index (χ3v) is 12.0. The summed E-state index contributed by atoms with van der Waals surface area (Å²) in [4.78, 5) is 45.2. The van der Waals surface area contributed by atoms with Gasteiger partial charge in [0.2, 0.25) is 14.3 Å². The van der Waals surface area contributed by atoms with E-state index in [1.807, 2.05) is 67.6 Å². The SMILES string of the molecule is COc1cccn(-c2ccc3c(c2)[C@]2(O[C@@H](CC(=O)N(CCO)Cc4ccccc4)[C@H]([Si](C)(C)F)[C@H]2C)C(=O)N3c2ccccc2)c1=O. The highest BCUT2D eigenvalue weighted by molar-refractivity contribution is 6.72. The first-order chi connectivity index (χ1) is 23.0. The van der Waals surface area contributed by atoms with Gasteiger partial charge >= 0.3 is 0 Å². The minimum Gasteiger partial charge on any atom is -0.491 e. The van der Waals surface area contributed by atoms with Crippen LogP contribution in [0.4, 0.5) is 15.5 Å². The largest absolute Gasteiger partial charge is 0.491 e. The zero-order valence-corrected chi connectivity index (χ0v) is 28.5. The molecule has 11 heteroatoms. The van der Waals surface area contributed by atoms with Crippen LogP contribution in [0.1, 0.15) is 24.5 Å². The van der Waals surface area contributed by atoms with Crippen molar-refractivity contribution in [2.24, 2.45) is 5.92 Å². The summed E-state index contributed by atoms with van der Waals surface area (Å²) in [7, 11) is -2.15. The second kappa shape index (κ2) is 13.1. The van der Waals surface area contributed by atoms with E-state index in [4.69, 9.17) is 9.47 Å². The lowest BCUT2D eigenvalue weighted by Crippen LogP contribution is -2.44. The Morgan fingerprint density at radius 2 is 1.69 bits per heavy atom. The van der Waals surface area contributed by atoms with Gasteiger partial charge in [-0.1, -0.05) is 55.5 Å². The van der Waals surface area contributed by atoms with Gasteiger partial charge in [0.25, 0.3) is 11.5 Å². The van der Waals surface area contributed by atoms with Gasteiger partial charge < -0.3 is 23.6 Å². The molecule has 250 valence electrons. The average Bonchev–Trinajstić information content (AvgIpc) is 3.51. The zero-order chi connectivity index (χ0) is 34.2. The quantitative estimate of drug-likeness (QED) is 0.172. The van der Waals surface area contributed by atoms with Gasteiger partial charge in [-0.25, -0.2) is 0 Å². The number of benzene rings is 3. The summed E-state index contributed by atoms with van der Waals surface area (Å²) < 4.78 is 30.0. The maximum absolute atomic E-state index is 16.5. The van der Waals surface area contributed by atoms with Crippen LogP contribution in [0.2, 0.25) is 18.6 Å². The van der Waals surface area contributed by atoms with Crippen molar-refractivity contribution in [1.29, 1.82) is 0 Å². The number of hydrogen-bond acceptors (Lipinski definition) is 6. The molecule has 6 rings (SSSR count). The molecule has 48 heavy (non-hydrogen) atoms. The highest BCUT2D eigenvalue weighted by atomic mass is 28.4. The minimum absolute atomic E-state index is 0.102. The van der Waals surface area contributed by atoms with E-state index in [1.54, 1.807) is 59.4 Å². The van der Waals surface area contributed by atoms with Crippen LogP contribution in [0.5, 0.6) is 5.75 Å². The Hall–Kier alpha value is -4.58. The summed E-state index contributed by atoms with van der Waals surface area (Å²) >= 11 is 0. The summed E-state index contributed by atoms with van der Waals surface area (Å²) in [6, 6.07) is 27.2. The summed E-state index contributed by atoms with van der Waals surface area (Å²) in [6.07, 6.45) is 0.549. The second-order valence-corrected chi connectivity index (χ2v) is 16.7. The number of carbonyl (C=O) groups excluding carboxylic acids is 2. The molecule has 1 aromatic heterocycles. The van der Waals surface area contributed by atoms with Crippen molar-refractivity contribution < 1.29 is 28.3 Å².